The zero-order chi connectivity index (χ0) is 13.7. The lowest BCUT2D eigenvalue weighted by molar-refractivity contribution is -0.131. The zero-order valence-corrected chi connectivity index (χ0v) is 11.2. The van der Waals surface area contributed by atoms with E-state index in [9.17, 15) is 9.18 Å². The van der Waals surface area contributed by atoms with Gasteiger partial charge in [0, 0.05) is 7.11 Å². The molecule has 0 bridgehead atoms. The second-order valence-electron chi connectivity index (χ2n) is 4.66. The average molecular weight is 253 g/mol. The van der Waals surface area contributed by atoms with Crippen LogP contribution in [0.25, 0.3) is 0 Å². The number of methoxy groups -OCH3 is 1. The Bertz CT molecular complexity index is 389. The smallest absolute Gasteiger partial charge is 0.249 e. The highest BCUT2D eigenvalue weighted by atomic mass is 19.1. The van der Waals surface area contributed by atoms with E-state index in [-0.39, 0.29) is 23.7 Å². The first kappa shape index (κ1) is 14.6. The first-order valence-electron chi connectivity index (χ1n) is 6.04. The lowest BCUT2D eigenvalue weighted by Crippen LogP contribution is -2.38. The van der Waals surface area contributed by atoms with Gasteiger partial charge in [0.1, 0.15) is 11.9 Å². The Morgan fingerprint density at radius 3 is 2.22 bits per heavy atom. The number of hydrogen-bond acceptors (Lipinski definition) is 2. The number of ether oxygens (including phenoxy) is 1. The minimum Gasteiger partial charge on any atom is -0.372 e. The van der Waals surface area contributed by atoms with E-state index in [2.05, 4.69) is 5.32 Å². The van der Waals surface area contributed by atoms with E-state index in [0.29, 0.717) is 0 Å². The van der Waals surface area contributed by atoms with Gasteiger partial charge in [0.25, 0.3) is 0 Å². The van der Waals surface area contributed by atoms with Crippen molar-refractivity contribution in [3.05, 3.63) is 35.6 Å². The average Bonchev–Trinajstić information content (AvgIpc) is 2.35. The minimum absolute atomic E-state index is 0.143. The Morgan fingerprint density at radius 1 is 1.22 bits per heavy atom. The van der Waals surface area contributed by atoms with E-state index >= 15 is 0 Å². The predicted octanol–water partition coefficient (Wildman–Crippen LogP) is 2.67. The highest BCUT2D eigenvalue weighted by Gasteiger charge is 2.21. The SMILES string of the molecule is COC(C)C(=O)NC(c1ccc(F)cc1)C(C)C. The predicted molar refractivity (Wildman–Crippen MR) is 68.6 cm³/mol. The van der Waals surface area contributed by atoms with Gasteiger partial charge in [-0.15, -0.1) is 0 Å². The number of halogens is 1. The summed E-state index contributed by atoms with van der Waals surface area (Å²) in [7, 11) is 1.49. The van der Waals surface area contributed by atoms with Crippen molar-refractivity contribution in [2.24, 2.45) is 5.92 Å². The van der Waals surface area contributed by atoms with Gasteiger partial charge in [0.15, 0.2) is 0 Å². The monoisotopic (exact) mass is 253 g/mol. The summed E-state index contributed by atoms with van der Waals surface area (Å²) in [5, 5.41) is 2.92. The molecule has 0 radical (unpaired) electrons. The first-order chi connectivity index (χ1) is 8.45. The molecule has 100 valence electrons. The lowest BCUT2D eigenvalue weighted by Gasteiger charge is -2.24. The van der Waals surface area contributed by atoms with E-state index in [1.165, 1.54) is 19.2 Å². The molecule has 0 aliphatic rings. The molecular weight excluding hydrogens is 233 g/mol. The standard InChI is InChI=1S/C14H20FNO2/c1-9(2)13(16-14(17)10(3)18-4)11-5-7-12(15)8-6-11/h5-10,13H,1-4H3,(H,16,17). The fourth-order valence-corrected chi connectivity index (χ4v) is 1.68. The molecule has 0 saturated heterocycles. The number of benzene rings is 1. The van der Waals surface area contributed by atoms with Crippen LogP contribution in [-0.2, 0) is 9.53 Å². The molecule has 0 aliphatic heterocycles. The zero-order valence-electron chi connectivity index (χ0n) is 11.2. The molecule has 2 atom stereocenters. The van der Waals surface area contributed by atoms with Crippen LogP contribution in [0.5, 0.6) is 0 Å². The van der Waals surface area contributed by atoms with Gasteiger partial charge in [-0.1, -0.05) is 26.0 Å². The Hall–Kier alpha value is -1.42. The number of carbonyl (C=O) groups is 1. The maximum Gasteiger partial charge on any atom is 0.249 e. The third-order valence-electron chi connectivity index (χ3n) is 2.92. The van der Waals surface area contributed by atoms with Crippen molar-refractivity contribution in [1.82, 2.24) is 5.32 Å². The van der Waals surface area contributed by atoms with Crippen molar-refractivity contribution in [1.29, 1.82) is 0 Å². The fraction of sp³-hybridized carbons (Fsp3) is 0.500. The molecule has 1 amide bonds. The maximum atomic E-state index is 12.9. The van der Waals surface area contributed by atoms with Crippen LogP contribution < -0.4 is 5.32 Å². The summed E-state index contributed by atoms with van der Waals surface area (Å²) in [6.07, 6.45) is -0.494. The van der Waals surface area contributed by atoms with E-state index in [0.717, 1.165) is 5.56 Å². The largest absolute Gasteiger partial charge is 0.372 e. The van der Waals surface area contributed by atoms with E-state index in [1.54, 1.807) is 19.1 Å². The summed E-state index contributed by atoms with van der Waals surface area (Å²) >= 11 is 0. The second kappa shape index (κ2) is 6.50. The topological polar surface area (TPSA) is 38.3 Å². The van der Waals surface area contributed by atoms with Gasteiger partial charge in [-0.05, 0) is 30.5 Å². The quantitative estimate of drug-likeness (QED) is 0.876. The van der Waals surface area contributed by atoms with Crippen LogP contribution in [0.1, 0.15) is 32.4 Å². The molecule has 0 saturated carbocycles. The second-order valence-corrected chi connectivity index (χ2v) is 4.66. The van der Waals surface area contributed by atoms with Crippen molar-refractivity contribution in [3.8, 4) is 0 Å². The Labute approximate surface area is 107 Å². The molecule has 0 aromatic heterocycles. The Kier molecular flexibility index (Phi) is 5.28. The van der Waals surface area contributed by atoms with Crippen LogP contribution >= 0.6 is 0 Å². The third-order valence-corrected chi connectivity index (χ3v) is 2.92. The van der Waals surface area contributed by atoms with Crippen molar-refractivity contribution < 1.29 is 13.9 Å². The molecule has 0 fully saturated rings. The molecule has 1 aromatic rings. The van der Waals surface area contributed by atoms with Crippen LogP contribution in [0.2, 0.25) is 0 Å². The summed E-state index contributed by atoms with van der Waals surface area (Å²) in [5.74, 6) is -0.234. The maximum absolute atomic E-state index is 12.9. The molecule has 1 N–H and O–H groups in total. The number of carbonyl (C=O) groups excluding carboxylic acids is 1. The number of hydrogen-bond donors (Lipinski definition) is 1. The Morgan fingerprint density at radius 2 is 1.78 bits per heavy atom. The Balaban J connectivity index is 2.83. The molecule has 0 aliphatic carbocycles. The normalized spacial score (nSPS) is 14.3. The van der Waals surface area contributed by atoms with Crippen LogP contribution in [0.15, 0.2) is 24.3 Å². The molecule has 4 heteroatoms. The summed E-state index contributed by atoms with van der Waals surface area (Å²) in [5.41, 5.74) is 0.892. The third kappa shape index (κ3) is 3.81. The number of nitrogens with one attached hydrogen (secondary N) is 1. The summed E-state index contributed by atoms with van der Waals surface area (Å²) < 4.78 is 17.9. The van der Waals surface area contributed by atoms with Gasteiger partial charge in [0.05, 0.1) is 6.04 Å². The van der Waals surface area contributed by atoms with Crippen LogP contribution in [0, 0.1) is 11.7 Å². The fourth-order valence-electron chi connectivity index (χ4n) is 1.68. The van der Waals surface area contributed by atoms with Crippen LogP contribution in [0.3, 0.4) is 0 Å². The van der Waals surface area contributed by atoms with Crippen molar-refractivity contribution in [2.45, 2.75) is 32.9 Å². The molecule has 1 aromatic carbocycles. The van der Waals surface area contributed by atoms with Gasteiger partial charge in [0.2, 0.25) is 5.91 Å². The van der Waals surface area contributed by atoms with Gasteiger partial charge >= 0.3 is 0 Å². The minimum atomic E-state index is -0.494. The van der Waals surface area contributed by atoms with E-state index < -0.39 is 6.10 Å². The van der Waals surface area contributed by atoms with E-state index in [4.69, 9.17) is 4.74 Å². The number of rotatable bonds is 5. The van der Waals surface area contributed by atoms with Gasteiger partial charge < -0.3 is 10.1 Å². The molecular formula is C14H20FNO2. The summed E-state index contributed by atoms with van der Waals surface area (Å²) in [6, 6.07) is 6.04. The first-order valence-corrected chi connectivity index (χ1v) is 6.04. The van der Waals surface area contributed by atoms with Gasteiger partial charge in [-0.2, -0.15) is 0 Å². The summed E-state index contributed by atoms with van der Waals surface area (Å²) in [6.45, 7) is 5.70. The van der Waals surface area contributed by atoms with E-state index in [1.807, 2.05) is 13.8 Å². The summed E-state index contributed by atoms with van der Waals surface area (Å²) in [4.78, 5) is 11.8. The molecule has 1 rings (SSSR count). The van der Waals surface area contributed by atoms with Crippen molar-refractivity contribution in [3.63, 3.8) is 0 Å². The van der Waals surface area contributed by atoms with Gasteiger partial charge in [-0.3, -0.25) is 4.79 Å². The van der Waals surface area contributed by atoms with Crippen molar-refractivity contribution >= 4 is 5.91 Å². The van der Waals surface area contributed by atoms with Crippen molar-refractivity contribution in [2.75, 3.05) is 7.11 Å². The highest BCUT2D eigenvalue weighted by molar-refractivity contribution is 5.80. The molecule has 0 spiro atoms. The lowest BCUT2D eigenvalue weighted by atomic mass is 9.96. The van der Waals surface area contributed by atoms with Crippen LogP contribution in [-0.4, -0.2) is 19.1 Å². The molecule has 18 heavy (non-hydrogen) atoms. The van der Waals surface area contributed by atoms with Crippen LogP contribution in [0.4, 0.5) is 4.39 Å². The van der Waals surface area contributed by atoms with Gasteiger partial charge in [-0.25, -0.2) is 4.39 Å². The number of amides is 1. The molecule has 2 unspecified atom stereocenters. The molecule has 0 heterocycles. The molecule has 3 nitrogen and oxygen atoms in total. The highest BCUT2D eigenvalue weighted by Crippen LogP contribution is 2.22.